The molecule has 1 amide bonds. The van der Waals surface area contributed by atoms with Crippen LogP contribution in [0.2, 0.25) is 0 Å². The van der Waals surface area contributed by atoms with Crippen LogP contribution in [0.3, 0.4) is 0 Å². The van der Waals surface area contributed by atoms with Crippen molar-refractivity contribution in [2.45, 2.75) is 424 Å². The third-order valence-corrected chi connectivity index (χ3v) is 17.8. The third-order valence-electron chi connectivity index (χ3n) is 17.8. The predicted molar refractivity (Wildman–Crippen MR) is 379 cm³/mol. The van der Waals surface area contributed by atoms with Gasteiger partial charge in [-0.1, -0.05) is 364 Å². The lowest BCUT2D eigenvalue weighted by atomic mass is 10.0. The molecule has 0 aromatic carbocycles. The van der Waals surface area contributed by atoms with Crippen molar-refractivity contribution >= 4 is 11.9 Å². The Hall–Kier alpha value is -2.44. The molecular weight excluding hydrogens is 1050 g/mol. The van der Waals surface area contributed by atoms with Crippen LogP contribution in [-0.4, -0.2) is 47.4 Å². The third kappa shape index (κ3) is 70.6. The fraction of sp³-hybridized carbons (Fsp3) is 0.850. The first-order valence-electron chi connectivity index (χ1n) is 38.6. The molecule has 86 heavy (non-hydrogen) atoms. The highest BCUT2D eigenvalue weighted by Crippen LogP contribution is 2.19. The molecule has 0 fully saturated rings. The van der Waals surface area contributed by atoms with E-state index in [4.69, 9.17) is 4.74 Å². The van der Waals surface area contributed by atoms with Gasteiger partial charge in [-0.05, 0) is 96.3 Å². The van der Waals surface area contributed by atoms with Crippen molar-refractivity contribution < 1.29 is 24.5 Å². The van der Waals surface area contributed by atoms with Crippen LogP contribution in [0.5, 0.6) is 0 Å². The summed E-state index contributed by atoms with van der Waals surface area (Å²) in [6, 6.07) is -0.633. The Balaban J connectivity index is 3.44. The molecule has 0 saturated carbocycles. The van der Waals surface area contributed by atoms with E-state index in [0.29, 0.717) is 19.4 Å². The second-order valence-electron chi connectivity index (χ2n) is 26.3. The number of carbonyl (C=O) groups is 2. The lowest BCUT2D eigenvalue weighted by Crippen LogP contribution is -2.45. The molecule has 0 aromatic rings. The van der Waals surface area contributed by atoms with E-state index in [1.807, 2.05) is 6.08 Å². The fourth-order valence-electron chi connectivity index (χ4n) is 11.9. The van der Waals surface area contributed by atoms with Gasteiger partial charge in [-0.2, -0.15) is 0 Å². The Labute approximate surface area is 537 Å². The Morgan fingerprint density at radius 2 is 0.581 bits per heavy atom. The summed E-state index contributed by atoms with van der Waals surface area (Å²) in [6.45, 7) is 4.91. The van der Waals surface area contributed by atoms with Crippen molar-refractivity contribution in [2.75, 3.05) is 13.2 Å². The first-order chi connectivity index (χ1) is 42.5. The topological polar surface area (TPSA) is 95.9 Å². The molecule has 0 spiro atoms. The van der Waals surface area contributed by atoms with E-state index in [0.717, 1.165) is 57.8 Å². The molecule has 6 heteroatoms. The number of esters is 1. The minimum Gasteiger partial charge on any atom is -0.466 e. The highest BCUT2D eigenvalue weighted by Gasteiger charge is 2.18. The number of carbonyl (C=O) groups excluding carboxylic acids is 2. The van der Waals surface area contributed by atoms with Gasteiger partial charge in [0.15, 0.2) is 0 Å². The average Bonchev–Trinajstić information content (AvgIpc) is 3.53. The number of amides is 1. The van der Waals surface area contributed by atoms with Crippen molar-refractivity contribution in [3.05, 3.63) is 60.8 Å². The van der Waals surface area contributed by atoms with E-state index in [9.17, 15) is 19.8 Å². The highest BCUT2D eigenvalue weighted by molar-refractivity contribution is 5.76. The van der Waals surface area contributed by atoms with E-state index in [1.54, 1.807) is 6.08 Å². The molecule has 0 rings (SSSR count). The van der Waals surface area contributed by atoms with Gasteiger partial charge in [0.1, 0.15) is 0 Å². The van der Waals surface area contributed by atoms with Crippen LogP contribution < -0.4 is 5.32 Å². The van der Waals surface area contributed by atoms with Gasteiger partial charge >= 0.3 is 5.97 Å². The number of aliphatic hydroxyl groups excluding tert-OH is 2. The number of hydrogen-bond donors (Lipinski definition) is 3. The zero-order valence-corrected chi connectivity index (χ0v) is 57.8. The number of allylic oxidation sites excluding steroid dienone is 9. The average molecular weight is 1210 g/mol. The van der Waals surface area contributed by atoms with Crippen molar-refractivity contribution in [1.29, 1.82) is 0 Å². The van der Waals surface area contributed by atoms with Crippen molar-refractivity contribution in [3.63, 3.8) is 0 Å². The minimum atomic E-state index is -0.849. The molecule has 0 aliphatic carbocycles. The van der Waals surface area contributed by atoms with Gasteiger partial charge in [0, 0.05) is 12.8 Å². The molecule has 6 nitrogen and oxygen atoms in total. The van der Waals surface area contributed by atoms with Crippen LogP contribution in [0.25, 0.3) is 0 Å². The van der Waals surface area contributed by atoms with Crippen LogP contribution in [0, 0.1) is 0 Å². The van der Waals surface area contributed by atoms with E-state index in [-0.39, 0.29) is 18.5 Å². The maximum Gasteiger partial charge on any atom is 0.305 e. The summed E-state index contributed by atoms with van der Waals surface area (Å²) in [4.78, 5) is 24.7. The quantitative estimate of drug-likeness (QED) is 0.0320. The maximum atomic E-state index is 12.5. The Kier molecular flexibility index (Phi) is 72.9. The maximum absolute atomic E-state index is 12.5. The van der Waals surface area contributed by atoms with E-state index >= 15 is 0 Å². The first-order valence-corrected chi connectivity index (χ1v) is 38.6. The summed E-state index contributed by atoms with van der Waals surface area (Å²) in [5.41, 5.74) is 0. The molecule has 2 atom stereocenters. The Morgan fingerprint density at radius 3 is 0.907 bits per heavy atom. The molecule has 3 N–H and O–H groups in total. The Bertz CT molecular complexity index is 1480. The van der Waals surface area contributed by atoms with E-state index in [1.165, 1.54) is 327 Å². The fourth-order valence-corrected chi connectivity index (χ4v) is 11.9. The largest absolute Gasteiger partial charge is 0.466 e. The monoisotopic (exact) mass is 1200 g/mol. The molecule has 0 bridgehead atoms. The summed E-state index contributed by atoms with van der Waals surface area (Å²) in [6.07, 6.45) is 100. The van der Waals surface area contributed by atoms with Crippen molar-refractivity contribution in [3.8, 4) is 0 Å². The van der Waals surface area contributed by atoms with Gasteiger partial charge in [-0.15, -0.1) is 0 Å². The number of nitrogens with one attached hydrogen (secondary N) is 1. The van der Waals surface area contributed by atoms with Crippen molar-refractivity contribution in [2.24, 2.45) is 0 Å². The molecule has 0 aromatic heterocycles. The Morgan fingerprint density at radius 1 is 0.326 bits per heavy atom. The second-order valence-corrected chi connectivity index (χ2v) is 26.3. The predicted octanol–water partition coefficient (Wildman–Crippen LogP) is 25.4. The van der Waals surface area contributed by atoms with E-state index in [2.05, 4.69) is 67.8 Å². The zero-order chi connectivity index (χ0) is 62.0. The number of unbranched alkanes of at least 4 members (excludes halogenated alkanes) is 53. The normalized spacial score (nSPS) is 12.8. The molecule has 504 valence electrons. The molecule has 0 aliphatic heterocycles. The lowest BCUT2D eigenvalue weighted by Gasteiger charge is -2.20. The van der Waals surface area contributed by atoms with Gasteiger partial charge in [0.2, 0.25) is 5.91 Å². The van der Waals surface area contributed by atoms with Crippen LogP contribution in [0.1, 0.15) is 412 Å². The molecular formula is C80H149NO5. The van der Waals surface area contributed by atoms with Crippen molar-refractivity contribution in [1.82, 2.24) is 5.32 Å². The summed E-state index contributed by atoms with van der Waals surface area (Å²) < 4.78 is 5.50. The summed E-state index contributed by atoms with van der Waals surface area (Å²) in [5, 5.41) is 23.3. The van der Waals surface area contributed by atoms with Crippen LogP contribution in [0.15, 0.2) is 60.8 Å². The van der Waals surface area contributed by atoms with Gasteiger partial charge < -0.3 is 20.3 Å². The molecule has 0 heterocycles. The standard InChI is InChI=1S/C80H149NO5/c1-3-5-7-9-11-13-15-17-19-21-23-24-30-33-37-40-44-48-52-56-60-64-68-72-78(83)77(76-82)81-79(84)73-69-65-61-57-53-49-45-41-38-34-31-28-26-25-27-29-32-35-39-43-47-51-55-59-63-67-71-75-86-80(85)74-70-66-62-58-54-50-46-42-36-22-20-18-16-14-12-10-8-6-4-2/h12,14,18,20,25-26,29,32,68,72,77-78,82-83H,3-11,13,15-17,19,21-24,27-28,30-31,33-67,69-71,73-76H2,1-2H3,(H,81,84)/b14-12-,20-18-,26-25-,32-29-,72-68+. The van der Waals surface area contributed by atoms with Gasteiger partial charge in [0.05, 0.1) is 25.4 Å². The molecule has 0 saturated heterocycles. The number of ether oxygens (including phenoxy) is 1. The minimum absolute atomic E-state index is 0.00674. The first kappa shape index (κ1) is 83.6. The summed E-state index contributed by atoms with van der Waals surface area (Å²) in [5.74, 6) is -0.0609. The lowest BCUT2D eigenvalue weighted by molar-refractivity contribution is -0.143. The van der Waals surface area contributed by atoms with Crippen LogP contribution >= 0.6 is 0 Å². The van der Waals surface area contributed by atoms with Crippen LogP contribution in [0.4, 0.5) is 0 Å². The number of aliphatic hydroxyl groups is 2. The SMILES string of the molecule is CCCCC/C=C\C/C=C\CCCCCCCCCCCC(=O)OCCCCCCCCCCC/C=C\C/C=C\CCCCCCCCCCCCCC(=O)NC(CO)C(O)/C=C/CCCCCCCCCCCCCCCCCCCCCCC. The van der Waals surface area contributed by atoms with E-state index < -0.39 is 12.1 Å². The smallest absolute Gasteiger partial charge is 0.305 e. The van der Waals surface area contributed by atoms with Gasteiger partial charge in [0.25, 0.3) is 0 Å². The van der Waals surface area contributed by atoms with Gasteiger partial charge in [-0.3, -0.25) is 9.59 Å². The number of hydrogen-bond acceptors (Lipinski definition) is 5. The highest BCUT2D eigenvalue weighted by atomic mass is 16.5. The number of rotatable bonds is 72. The summed E-state index contributed by atoms with van der Waals surface area (Å²) in [7, 11) is 0. The van der Waals surface area contributed by atoms with Crippen LogP contribution in [-0.2, 0) is 14.3 Å². The zero-order valence-electron chi connectivity index (χ0n) is 57.8. The molecule has 0 aliphatic rings. The molecule has 2 unspecified atom stereocenters. The second kappa shape index (κ2) is 75.0. The van der Waals surface area contributed by atoms with Gasteiger partial charge in [-0.25, -0.2) is 0 Å². The summed E-state index contributed by atoms with van der Waals surface area (Å²) >= 11 is 0. The molecule has 0 radical (unpaired) electrons.